The van der Waals surface area contributed by atoms with Crippen molar-refractivity contribution in [2.45, 2.75) is 45.3 Å². The van der Waals surface area contributed by atoms with E-state index in [2.05, 4.69) is 26.1 Å². The van der Waals surface area contributed by atoms with Crippen molar-refractivity contribution in [2.24, 2.45) is 5.73 Å². The molecule has 4 heteroatoms. The Hall–Kier alpha value is -1.39. The first-order valence-corrected chi connectivity index (χ1v) is 6.07. The van der Waals surface area contributed by atoms with Crippen molar-refractivity contribution < 1.29 is 9.90 Å². The Bertz CT molecular complexity index is 405. The highest BCUT2D eigenvalue weighted by Crippen LogP contribution is 2.23. The lowest BCUT2D eigenvalue weighted by Crippen LogP contribution is -2.43. The predicted octanol–water partition coefficient (Wildman–Crippen LogP) is 1.63. The molecule has 0 aromatic heterocycles. The van der Waals surface area contributed by atoms with E-state index in [-0.39, 0.29) is 11.3 Å². The number of hydrogen-bond donors (Lipinski definition) is 3. The molecule has 4 nitrogen and oxygen atoms in total. The van der Waals surface area contributed by atoms with Crippen LogP contribution in [0.15, 0.2) is 24.3 Å². The molecule has 0 saturated carbocycles. The van der Waals surface area contributed by atoms with E-state index in [1.807, 2.05) is 24.3 Å². The van der Waals surface area contributed by atoms with Gasteiger partial charge in [-0.1, -0.05) is 32.9 Å². The minimum atomic E-state index is -0.910. The van der Waals surface area contributed by atoms with Gasteiger partial charge in [-0.25, -0.2) is 0 Å². The van der Waals surface area contributed by atoms with Crippen LogP contribution >= 0.6 is 0 Å². The van der Waals surface area contributed by atoms with E-state index >= 15 is 0 Å². The van der Waals surface area contributed by atoms with E-state index in [1.54, 1.807) is 0 Å². The number of aliphatic hydroxyl groups is 1. The zero-order chi connectivity index (χ0) is 13.9. The molecule has 0 saturated heterocycles. The van der Waals surface area contributed by atoms with Crippen LogP contribution in [0.4, 0.5) is 5.69 Å². The Balaban J connectivity index is 2.73. The third-order valence-electron chi connectivity index (χ3n) is 2.84. The van der Waals surface area contributed by atoms with Crippen LogP contribution in [0.2, 0.25) is 0 Å². The standard InChI is InChI=1S/C14H22N2O2/c1-9(17)12(15)13(18)16-11-7-5-10(6-8-11)14(2,3)4/h5-9,12,17H,15H2,1-4H3,(H,16,18)/t9-,12+/m1/s1. The summed E-state index contributed by atoms with van der Waals surface area (Å²) in [5, 5.41) is 11.9. The SMILES string of the molecule is C[C@@H](O)[C@H](N)C(=O)Nc1ccc(C(C)(C)C)cc1. The topological polar surface area (TPSA) is 75.3 Å². The molecule has 1 aromatic carbocycles. The van der Waals surface area contributed by atoms with Gasteiger partial charge >= 0.3 is 0 Å². The monoisotopic (exact) mass is 250 g/mol. The fraction of sp³-hybridized carbons (Fsp3) is 0.500. The Morgan fingerprint density at radius 2 is 1.78 bits per heavy atom. The molecule has 1 amide bonds. The molecule has 18 heavy (non-hydrogen) atoms. The van der Waals surface area contributed by atoms with Gasteiger partial charge in [0.1, 0.15) is 6.04 Å². The molecule has 0 bridgehead atoms. The van der Waals surface area contributed by atoms with E-state index < -0.39 is 12.1 Å². The molecule has 0 radical (unpaired) electrons. The second kappa shape index (κ2) is 5.50. The quantitative estimate of drug-likeness (QED) is 0.763. The van der Waals surface area contributed by atoms with Crippen molar-refractivity contribution >= 4 is 11.6 Å². The van der Waals surface area contributed by atoms with Crippen LogP contribution in [0.3, 0.4) is 0 Å². The van der Waals surface area contributed by atoms with Crippen LogP contribution in [-0.2, 0) is 10.2 Å². The Kier molecular flexibility index (Phi) is 4.48. The highest BCUT2D eigenvalue weighted by Gasteiger charge is 2.19. The maximum Gasteiger partial charge on any atom is 0.243 e. The van der Waals surface area contributed by atoms with Crippen LogP contribution in [0, 0.1) is 0 Å². The first-order valence-electron chi connectivity index (χ1n) is 6.07. The molecular weight excluding hydrogens is 228 g/mol. The molecule has 2 atom stereocenters. The number of carbonyl (C=O) groups is 1. The summed E-state index contributed by atoms with van der Waals surface area (Å²) in [6.45, 7) is 7.88. The van der Waals surface area contributed by atoms with E-state index in [4.69, 9.17) is 5.73 Å². The third-order valence-corrected chi connectivity index (χ3v) is 2.84. The molecule has 0 spiro atoms. The summed E-state index contributed by atoms with van der Waals surface area (Å²) >= 11 is 0. The summed E-state index contributed by atoms with van der Waals surface area (Å²) in [6, 6.07) is 6.72. The van der Waals surface area contributed by atoms with Gasteiger partial charge in [0.15, 0.2) is 0 Å². The maximum absolute atomic E-state index is 11.6. The average Bonchev–Trinajstić information content (AvgIpc) is 2.27. The van der Waals surface area contributed by atoms with Crippen molar-refractivity contribution in [3.63, 3.8) is 0 Å². The van der Waals surface area contributed by atoms with E-state index in [1.165, 1.54) is 12.5 Å². The van der Waals surface area contributed by atoms with Gasteiger partial charge < -0.3 is 16.2 Å². The van der Waals surface area contributed by atoms with Crippen molar-refractivity contribution in [1.29, 1.82) is 0 Å². The summed E-state index contributed by atoms with van der Waals surface area (Å²) in [6.07, 6.45) is -0.862. The number of rotatable bonds is 3. The molecule has 0 heterocycles. The Morgan fingerprint density at radius 1 is 1.28 bits per heavy atom. The highest BCUT2D eigenvalue weighted by atomic mass is 16.3. The van der Waals surface area contributed by atoms with Crippen LogP contribution in [-0.4, -0.2) is 23.2 Å². The van der Waals surface area contributed by atoms with Crippen molar-refractivity contribution in [2.75, 3.05) is 5.32 Å². The van der Waals surface area contributed by atoms with Crippen LogP contribution in [0.1, 0.15) is 33.3 Å². The third kappa shape index (κ3) is 3.82. The lowest BCUT2D eigenvalue weighted by molar-refractivity contribution is -0.119. The van der Waals surface area contributed by atoms with Crippen LogP contribution in [0.25, 0.3) is 0 Å². The minimum absolute atomic E-state index is 0.0819. The number of nitrogens with one attached hydrogen (secondary N) is 1. The molecule has 0 fully saturated rings. The van der Waals surface area contributed by atoms with E-state index in [0.717, 1.165) is 0 Å². The van der Waals surface area contributed by atoms with Gasteiger partial charge in [0.05, 0.1) is 6.10 Å². The number of hydrogen-bond acceptors (Lipinski definition) is 3. The van der Waals surface area contributed by atoms with Gasteiger partial charge in [-0.3, -0.25) is 4.79 Å². The summed E-state index contributed by atoms with van der Waals surface area (Å²) in [4.78, 5) is 11.6. The second-order valence-electron chi connectivity index (χ2n) is 5.58. The van der Waals surface area contributed by atoms with Gasteiger partial charge in [-0.2, -0.15) is 0 Å². The van der Waals surface area contributed by atoms with Gasteiger partial charge in [-0.15, -0.1) is 0 Å². The molecule has 100 valence electrons. The number of benzene rings is 1. The summed E-state index contributed by atoms with van der Waals surface area (Å²) in [7, 11) is 0. The number of aliphatic hydroxyl groups excluding tert-OH is 1. The van der Waals surface area contributed by atoms with Gasteiger partial charge in [0.25, 0.3) is 0 Å². The maximum atomic E-state index is 11.6. The normalized spacial score (nSPS) is 15.0. The lowest BCUT2D eigenvalue weighted by Gasteiger charge is -2.19. The number of carbonyl (C=O) groups excluding carboxylic acids is 1. The molecule has 0 aliphatic heterocycles. The molecule has 0 aliphatic carbocycles. The fourth-order valence-electron chi connectivity index (χ4n) is 1.50. The zero-order valence-corrected chi connectivity index (χ0v) is 11.4. The fourth-order valence-corrected chi connectivity index (χ4v) is 1.50. The van der Waals surface area contributed by atoms with Crippen LogP contribution in [0.5, 0.6) is 0 Å². The molecule has 1 rings (SSSR count). The molecule has 4 N–H and O–H groups in total. The van der Waals surface area contributed by atoms with E-state index in [9.17, 15) is 9.90 Å². The first kappa shape index (κ1) is 14.7. The van der Waals surface area contributed by atoms with Gasteiger partial charge in [-0.05, 0) is 30.0 Å². The summed E-state index contributed by atoms with van der Waals surface area (Å²) < 4.78 is 0. The Morgan fingerprint density at radius 3 is 2.17 bits per heavy atom. The number of nitrogens with two attached hydrogens (primary N) is 1. The van der Waals surface area contributed by atoms with Crippen molar-refractivity contribution in [3.8, 4) is 0 Å². The molecule has 0 aliphatic rings. The first-order chi connectivity index (χ1) is 8.21. The molecular formula is C14H22N2O2. The number of anilines is 1. The second-order valence-corrected chi connectivity index (χ2v) is 5.58. The number of amides is 1. The minimum Gasteiger partial charge on any atom is -0.391 e. The van der Waals surface area contributed by atoms with Crippen molar-refractivity contribution in [1.82, 2.24) is 0 Å². The van der Waals surface area contributed by atoms with E-state index in [0.29, 0.717) is 5.69 Å². The molecule has 1 aromatic rings. The summed E-state index contributed by atoms with van der Waals surface area (Å²) in [5.74, 6) is -0.381. The Labute approximate surface area is 108 Å². The van der Waals surface area contributed by atoms with Crippen LogP contribution < -0.4 is 11.1 Å². The largest absolute Gasteiger partial charge is 0.391 e. The average molecular weight is 250 g/mol. The lowest BCUT2D eigenvalue weighted by atomic mass is 9.87. The predicted molar refractivity (Wildman–Crippen MR) is 73.4 cm³/mol. The van der Waals surface area contributed by atoms with Gasteiger partial charge in [0.2, 0.25) is 5.91 Å². The molecule has 0 unspecified atom stereocenters. The highest BCUT2D eigenvalue weighted by molar-refractivity contribution is 5.95. The van der Waals surface area contributed by atoms with Crippen molar-refractivity contribution in [3.05, 3.63) is 29.8 Å². The summed E-state index contributed by atoms with van der Waals surface area (Å²) in [5.41, 5.74) is 7.51. The zero-order valence-electron chi connectivity index (χ0n) is 11.4. The van der Waals surface area contributed by atoms with Gasteiger partial charge in [0, 0.05) is 5.69 Å². The smallest absolute Gasteiger partial charge is 0.243 e.